The molecule has 1 saturated heterocycles. The Morgan fingerprint density at radius 2 is 1.72 bits per heavy atom. The monoisotopic (exact) mass is 277 g/mol. The van der Waals surface area contributed by atoms with Gasteiger partial charge >= 0.3 is 0 Å². The minimum Gasteiger partial charge on any atom is -0.330 e. The summed E-state index contributed by atoms with van der Waals surface area (Å²) in [5.41, 5.74) is 5.48. The molecule has 0 aromatic heterocycles. The van der Waals surface area contributed by atoms with Gasteiger partial charge in [-0.3, -0.25) is 0 Å². The van der Waals surface area contributed by atoms with Crippen LogP contribution in [0.1, 0.15) is 45.4 Å². The Hall–Kier alpha value is -0.170. The van der Waals surface area contributed by atoms with Gasteiger partial charge in [0.2, 0.25) is 0 Å². The zero-order valence-corrected chi connectivity index (χ0v) is 12.3. The van der Waals surface area contributed by atoms with Crippen molar-refractivity contribution in [2.75, 3.05) is 32.7 Å². The fourth-order valence-corrected chi connectivity index (χ4v) is 4.11. The second-order valence-electron chi connectivity index (χ2n) is 4.86. The molecule has 18 heavy (non-hydrogen) atoms. The Morgan fingerprint density at radius 1 is 1.11 bits per heavy atom. The highest BCUT2D eigenvalue weighted by Gasteiger charge is 2.28. The molecule has 0 saturated carbocycles. The smallest absolute Gasteiger partial charge is 0.281 e. The Balaban J connectivity index is 2.71. The lowest BCUT2D eigenvalue weighted by molar-refractivity contribution is 0.337. The van der Waals surface area contributed by atoms with E-state index in [4.69, 9.17) is 5.73 Å². The van der Waals surface area contributed by atoms with Crippen LogP contribution in [0.2, 0.25) is 0 Å². The van der Waals surface area contributed by atoms with E-state index in [-0.39, 0.29) is 0 Å². The lowest BCUT2D eigenvalue weighted by atomic mass is 10.2. The minimum atomic E-state index is -3.27. The first-order chi connectivity index (χ1) is 8.62. The molecule has 1 aliphatic rings. The van der Waals surface area contributed by atoms with E-state index in [0.717, 1.165) is 38.5 Å². The Bertz CT molecular complexity index is 311. The van der Waals surface area contributed by atoms with Gasteiger partial charge < -0.3 is 5.73 Å². The van der Waals surface area contributed by atoms with Crippen LogP contribution in [0.3, 0.4) is 0 Å². The van der Waals surface area contributed by atoms with Crippen molar-refractivity contribution >= 4 is 10.2 Å². The van der Waals surface area contributed by atoms with Gasteiger partial charge in [-0.2, -0.15) is 17.0 Å². The van der Waals surface area contributed by atoms with E-state index in [2.05, 4.69) is 0 Å². The molecule has 0 radical (unpaired) electrons. The molecule has 5 nitrogen and oxygen atoms in total. The summed E-state index contributed by atoms with van der Waals surface area (Å²) in [6, 6.07) is 0. The molecule has 0 unspecified atom stereocenters. The molecule has 1 fully saturated rings. The minimum absolute atomic E-state index is 0.537. The maximum Gasteiger partial charge on any atom is 0.281 e. The summed E-state index contributed by atoms with van der Waals surface area (Å²) in [6.07, 6.45) is 5.82. The van der Waals surface area contributed by atoms with E-state index in [0.29, 0.717) is 32.7 Å². The maximum absolute atomic E-state index is 12.5. The molecule has 0 aliphatic carbocycles. The third-order valence-corrected chi connectivity index (χ3v) is 5.34. The molecule has 108 valence electrons. The molecule has 0 bridgehead atoms. The molecule has 6 heteroatoms. The predicted octanol–water partition coefficient (Wildman–Crippen LogP) is 1.17. The summed E-state index contributed by atoms with van der Waals surface area (Å²) in [5, 5.41) is 0. The van der Waals surface area contributed by atoms with Crippen LogP contribution in [0.15, 0.2) is 0 Å². The van der Waals surface area contributed by atoms with Crippen LogP contribution in [0, 0.1) is 0 Å². The van der Waals surface area contributed by atoms with Crippen LogP contribution in [0.5, 0.6) is 0 Å². The zero-order chi connectivity index (χ0) is 13.4. The standard InChI is InChI=1S/C12H27N3O2S/c1-2-9-14(12-7-8-13)18(16,17)15-10-5-3-4-6-11-15/h2-13H2,1H3. The van der Waals surface area contributed by atoms with E-state index < -0.39 is 10.2 Å². The van der Waals surface area contributed by atoms with Crippen molar-refractivity contribution in [2.24, 2.45) is 5.73 Å². The third kappa shape index (κ3) is 4.50. The molecule has 0 aromatic rings. The molecule has 1 heterocycles. The fraction of sp³-hybridized carbons (Fsp3) is 1.00. The Morgan fingerprint density at radius 3 is 2.22 bits per heavy atom. The van der Waals surface area contributed by atoms with Crippen LogP contribution in [-0.4, -0.2) is 49.8 Å². The second-order valence-corrected chi connectivity index (χ2v) is 6.79. The van der Waals surface area contributed by atoms with E-state index in [1.165, 1.54) is 0 Å². The zero-order valence-electron chi connectivity index (χ0n) is 11.5. The van der Waals surface area contributed by atoms with Crippen molar-refractivity contribution in [3.63, 3.8) is 0 Å². The molecular weight excluding hydrogens is 250 g/mol. The molecule has 2 N–H and O–H groups in total. The summed E-state index contributed by atoms with van der Waals surface area (Å²) in [6.45, 7) is 5.03. The van der Waals surface area contributed by atoms with E-state index >= 15 is 0 Å². The van der Waals surface area contributed by atoms with Gasteiger partial charge in [-0.1, -0.05) is 19.8 Å². The number of hydrogen-bond acceptors (Lipinski definition) is 3. The summed E-state index contributed by atoms with van der Waals surface area (Å²) >= 11 is 0. The van der Waals surface area contributed by atoms with Crippen molar-refractivity contribution < 1.29 is 8.42 Å². The molecule has 0 atom stereocenters. The molecular formula is C12H27N3O2S. The normalized spacial score (nSPS) is 19.1. The van der Waals surface area contributed by atoms with Crippen molar-refractivity contribution in [3.8, 4) is 0 Å². The van der Waals surface area contributed by atoms with Gasteiger partial charge in [-0.15, -0.1) is 0 Å². The number of nitrogens with zero attached hydrogens (tertiary/aromatic N) is 2. The summed E-state index contributed by atoms with van der Waals surface area (Å²) < 4.78 is 28.4. The Kier molecular flexibility index (Phi) is 7.14. The molecule has 0 spiro atoms. The number of hydrogen-bond donors (Lipinski definition) is 1. The first-order valence-corrected chi connectivity index (χ1v) is 8.48. The highest BCUT2D eigenvalue weighted by atomic mass is 32.2. The van der Waals surface area contributed by atoms with E-state index in [1.807, 2.05) is 6.92 Å². The largest absolute Gasteiger partial charge is 0.330 e. The third-order valence-electron chi connectivity index (χ3n) is 3.30. The first-order valence-electron chi connectivity index (χ1n) is 7.08. The maximum atomic E-state index is 12.5. The van der Waals surface area contributed by atoms with Gasteiger partial charge in [0, 0.05) is 26.2 Å². The number of nitrogens with two attached hydrogens (primary N) is 1. The van der Waals surface area contributed by atoms with Crippen LogP contribution in [-0.2, 0) is 10.2 Å². The molecule has 1 aliphatic heterocycles. The van der Waals surface area contributed by atoms with Gasteiger partial charge in [-0.05, 0) is 32.2 Å². The highest BCUT2D eigenvalue weighted by molar-refractivity contribution is 7.86. The first kappa shape index (κ1) is 15.9. The van der Waals surface area contributed by atoms with Crippen LogP contribution in [0.4, 0.5) is 0 Å². The van der Waals surface area contributed by atoms with E-state index in [9.17, 15) is 8.42 Å². The fourth-order valence-electron chi connectivity index (χ4n) is 2.30. The lowest BCUT2D eigenvalue weighted by Gasteiger charge is -2.28. The molecule has 1 rings (SSSR count). The molecule has 0 aromatic carbocycles. The van der Waals surface area contributed by atoms with Crippen LogP contribution in [0.25, 0.3) is 0 Å². The second kappa shape index (κ2) is 8.09. The summed E-state index contributed by atoms with van der Waals surface area (Å²) in [7, 11) is -3.27. The van der Waals surface area contributed by atoms with E-state index in [1.54, 1.807) is 8.61 Å². The Labute approximate surface area is 112 Å². The summed E-state index contributed by atoms with van der Waals surface area (Å²) in [5.74, 6) is 0. The predicted molar refractivity (Wildman–Crippen MR) is 74.5 cm³/mol. The van der Waals surface area contributed by atoms with Crippen LogP contribution >= 0.6 is 0 Å². The van der Waals surface area contributed by atoms with Crippen molar-refractivity contribution in [1.82, 2.24) is 8.61 Å². The van der Waals surface area contributed by atoms with Gasteiger partial charge in [0.1, 0.15) is 0 Å². The average Bonchev–Trinajstić information content (AvgIpc) is 2.63. The van der Waals surface area contributed by atoms with Crippen molar-refractivity contribution in [1.29, 1.82) is 0 Å². The van der Waals surface area contributed by atoms with Gasteiger partial charge in [0.15, 0.2) is 0 Å². The SMILES string of the molecule is CCCN(CCCN)S(=O)(=O)N1CCCCCC1. The topological polar surface area (TPSA) is 66.6 Å². The highest BCUT2D eigenvalue weighted by Crippen LogP contribution is 2.16. The van der Waals surface area contributed by atoms with Crippen molar-refractivity contribution in [3.05, 3.63) is 0 Å². The summed E-state index contributed by atoms with van der Waals surface area (Å²) in [4.78, 5) is 0. The van der Waals surface area contributed by atoms with Gasteiger partial charge in [0.25, 0.3) is 10.2 Å². The average molecular weight is 277 g/mol. The number of rotatable bonds is 7. The van der Waals surface area contributed by atoms with Crippen molar-refractivity contribution in [2.45, 2.75) is 45.4 Å². The lowest BCUT2D eigenvalue weighted by Crippen LogP contribution is -2.45. The van der Waals surface area contributed by atoms with Gasteiger partial charge in [0.05, 0.1) is 0 Å². The molecule has 0 amide bonds. The quantitative estimate of drug-likeness (QED) is 0.759. The van der Waals surface area contributed by atoms with Gasteiger partial charge in [-0.25, -0.2) is 0 Å². The van der Waals surface area contributed by atoms with Crippen LogP contribution < -0.4 is 5.73 Å².